The lowest BCUT2D eigenvalue weighted by atomic mass is 9.86. The van der Waals surface area contributed by atoms with Crippen LogP contribution in [-0.2, 0) is 10.2 Å². The van der Waals surface area contributed by atoms with Gasteiger partial charge in [-0.1, -0.05) is 45.0 Å². The fourth-order valence-electron chi connectivity index (χ4n) is 2.70. The molecule has 6 nitrogen and oxygen atoms in total. The van der Waals surface area contributed by atoms with E-state index in [1.54, 1.807) is 19.1 Å². The highest BCUT2D eigenvalue weighted by molar-refractivity contribution is 6.00. The van der Waals surface area contributed by atoms with Gasteiger partial charge in [0.25, 0.3) is 5.91 Å². The minimum atomic E-state index is -0.701. The van der Waals surface area contributed by atoms with Crippen LogP contribution >= 0.6 is 0 Å². The molecular formula is C21H24N4O2. The van der Waals surface area contributed by atoms with Crippen LogP contribution in [0.15, 0.2) is 48.5 Å². The van der Waals surface area contributed by atoms with Crippen molar-refractivity contribution in [3.8, 4) is 0 Å². The first-order chi connectivity index (χ1) is 12.7. The molecule has 2 amide bonds. The van der Waals surface area contributed by atoms with Gasteiger partial charge >= 0.3 is 0 Å². The second kappa shape index (κ2) is 7.23. The number of carbonyl (C=O) groups is 2. The average molecular weight is 364 g/mol. The van der Waals surface area contributed by atoms with Gasteiger partial charge in [-0.3, -0.25) is 14.9 Å². The Hall–Kier alpha value is -3.15. The van der Waals surface area contributed by atoms with Crippen molar-refractivity contribution in [3.63, 3.8) is 0 Å². The maximum absolute atomic E-state index is 12.4. The van der Waals surface area contributed by atoms with Crippen LogP contribution in [0.1, 0.15) is 43.6 Å². The highest BCUT2D eigenvalue weighted by Crippen LogP contribution is 2.22. The highest BCUT2D eigenvalue weighted by atomic mass is 16.2. The van der Waals surface area contributed by atoms with Crippen LogP contribution in [0.2, 0.25) is 0 Å². The van der Waals surface area contributed by atoms with E-state index in [2.05, 4.69) is 41.4 Å². The molecule has 0 aliphatic heterocycles. The fraction of sp³-hybridized carbons (Fsp3) is 0.286. The summed E-state index contributed by atoms with van der Waals surface area (Å²) >= 11 is 0. The number of aromatic amines is 1. The van der Waals surface area contributed by atoms with Crippen LogP contribution in [0, 0.1) is 0 Å². The predicted molar refractivity (Wildman–Crippen MR) is 107 cm³/mol. The van der Waals surface area contributed by atoms with Gasteiger partial charge < -0.3 is 10.3 Å². The maximum Gasteiger partial charge on any atom is 0.251 e. The molecule has 1 aromatic heterocycles. The summed E-state index contributed by atoms with van der Waals surface area (Å²) in [6, 6.07) is 14.2. The van der Waals surface area contributed by atoms with Gasteiger partial charge in [-0.15, -0.1) is 0 Å². The minimum absolute atomic E-state index is 0.0226. The van der Waals surface area contributed by atoms with Crippen molar-refractivity contribution in [2.24, 2.45) is 0 Å². The molecule has 0 unspecified atom stereocenters. The number of hydrogen-bond acceptors (Lipinski definition) is 3. The van der Waals surface area contributed by atoms with Crippen LogP contribution < -0.4 is 10.6 Å². The summed E-state index contributed by atoms with van der Waals surface area (Å²) in [6.45, 7) is 7.99. The number of nitrogens with zero attached hydrogens (tertiary/aromatic N) is 1. The van der Waals surface area contributed by atoms with E-state index >= 15 is 0 Å². The molecule has 0 fully saturated rings. The molecule has 0 spiro atoms. The molecular weight excluding hydrogens is 340 g/mol. The monoisotopic (exact) mass is 364 g/mol. The van der Waals surface area contributed by atoms with Crippen molar-refractivity contribution in [2.45, 2.75) is 39.2 Å². The number of benzene rings is 2. The normalized spacial score (nSPS) is 12.6. The Morgan fingerprint density at radius 2 is 1.70 bits per heavy atom. The first-order valence-corrected chi connectivity index (χ1v) is 8.91. The third-order valence-electron chi connectivity index (χ3n) is 4.38. The Kier molecular flexibility index (Phi) is 4.99. The third kappa shape index (κ3) is 4.34. The second-order valence-corrected chi connectivity index (χ2v) is 7.61. The number of fused-ring (bicyclic) bond motifs is 1. The topological polar surface area (TPSA) is 86.9 Å². The maximum atomic E-state index is 12.4. The third-order valence-corrected chi connectivity index (χ3v) is 4.38. The Labute approximate surface area is 158 Å². The lowest BCUT2D eigenvalue weighted by Crippen LogP contribution is -2.41. The van der Waals surface area contributed by atoms with E-state index in [0.717, 1.165) is 16.6 Å². The Bertz CT molecular complexity index is 935. The largest absolute Gasteiger partial charge is 0.341 e. The molecule has 3 rings (SSSR count). The van der Waals surface area contributed by atoms with Gasteiger partial charge in [-0.05, 0) is 42.2 Å². The van der Waals surface area contributed by atoms with Crippen LogP contribution in [0.25, 0.3) is 11.0 Å². The number of H-pyrrole nitrogens is 1. The van der Waals surface area contributed by atoms with Crippen LogP contribution in [0.5, 0.6) is 0 Å². The van der Waals surface area contributed by atoms with E-state index in [-0.39, 0.29) is 17.2 Å². The number of imidazole rings is 1. The molecule has 0 radical (unpaired) electrons. The van der Waals surface area contributed by atoms with Gasteiger partial charge in [0.1, 0.15) is 6.04 Å². The molecule has 140 valence electrons. The van der Waals surface area contributed by atoms with Gasteiger partial charge in [0, 0.05) is 5.56 Å². The average Bonchev–Trinajstić information content (AvgIpc) is 3.03. The van der Waals surface area contributed by atoms with Crippen LogP contribution in [-0.4, -0.2) is 27.8 Å². The number of para-hydroxylation sites is 2. The number of hydrogen-bond donors (Lipinski definition) is 3. The number of aromatic nitrogens is 2. The van der Waals surface area contributed by atoms with Gasteiger partial charge in [-0.25, -0.2) is 4.98 Å². The summed E-state index contributed by atoms with van der Waals surface area (Å²) in [5.74, 6) is -0.270. The van der Waals surface area contributed by atoms with E-state index in [1.807, 2.05) is 36.4 Å². The standard InChI is InChI=1S/C21H24N4O2/c1-13(18(26)25-20-23-16-7-5-6-8-17(16)24-20)22-19(27)14-9-11-15(12-10-14)21(2,3)4/h5-13H,1-4H3,(H,22,27)(H2,23,24,25,26)/t13-/m0/s1. The van der Waals surface area contributed by atoms with Crippen molar-refractivity contribution in [1.82, 2.24) is 15.3 Å². The lowest BCUT2D eigenvalue weighted by Gasteiger charge is -2.19. The van der Waals surface area contributed by atoms with E-state index in [9.17, 15) is 9.59 Å². The molecule has 0 aliphatic carbocycles. The minimum Gasteiger partial charge on any atom is -0.341 e. The summed E-state index contributed by atoms with van der Waals surface area (Å²) in [5.41, 5.74) is 3.29. The predicted octanol–water partition coefficient (Wildman–Crippen LogP) is 3.62. The zero-order valence-electron chi connectivity index (χ0n) is 16.0. The molecule has 0 saturated heterocycles. The molecule has 2 aromatic carbocycles. The van der Waals surface area contributed by atoms with Gasteiger partial charge in [-0.2, -0.15) is 0 Å². The first-order valence-electron chi connectivity index (χ1n) is 8.91. The van der Waals surface area contributed by atoms with Crippen molar-refractivity contribution in [3.05, 3.63) is 59.7 Å². The van der Waals surface area contributed by atoms with E-state index in [0.29, 0.717) is 11.5 Å². The van der Waals surface area contributed by atoms with Gasteiger partial charge in [0.15, 0.2) is 0 Å². The van der Waals surface area contributed by atoms with Gasteiger partial charge in [0.2, 0.25) is 11.9 Å². The van der Waals surface area contributed by atoms with Gasteiger partial charge in [0.05, 0.1) is 11.0 Å². The number of carbonyl (C=O) groups excluding carboxylic acids is 2. The van der Waals surface area contributed by atoms with E-state index < -0.39 is 6.04 Å². The quantitative estimate of drug-likeness (QED) is 0.661. The number of anilines is 1. The molecule has 1 atom stereocenters. The highest BCUT2D eigenvalue weighted by Gasteiger charge is 2.19. The van der Waals surface area contributed by atoms with Crippen molar-refractivity contribution >= 4 is 28.8 Å². The lowest BCUT2D eigenvalue weighted by molar-refractivity contribution is -0.117. The van der Waals surface area contributed by atoms with Crippen molar-refractivity contribution in [2.75, 3.05) is 5.32 Å². The second-order valence-electron chi connectivity index (χ2n) is 7.61. The fourth-order valence-corrected chi connectivity index (χ4v) is 2.70. The van der Waals surface area contributed by atoms with Crippen molar-refractivity contribution in [1.29, 1.82) is 0 Å². The molecule has 1 heterocycles. The van der Waals surface area contributed by atoms with Crippen molar-refractivity contribution < 1.29 is 9.59 Å². The smallest absolute Gasteiger partial charge is 0.251 e. The number of nitrogens with one attached hydrogen (secondary N) is 3. The molecule has 6 heteroatoms. The van der Waals surface area contributed by atoms with E-state index in [1.165, 1.54) is 0 Å². The summed E-state index contributed by atoms with van der Waals surface area (Å²) < 4.78 is 0. The molecule has 3 aromatic rings. The van der Waals surface area contributed by atoms with Crippen LogP contribution in [0.4, 0.5) is 5.95 Å². The number of rotatable bonds is 4. The Morgan fingerprint density at radius 1 is 1.04 bits per heavy atom. The first kappa shape index (κ1) is 18.6. The summed E-state index contributed by atoms with van der Waals surface area (Å²) in [5, 5.41) is 5.41. The zero-order valence-corrected chi connectivity index (χ0v) is 16.0. The molecule has 0 saturated carbocycles. The molecule has 27 heavy (non-hydrogen) atoms. The summed E-state index contributed by atoms with van der Waals surface area (Å²) in [7, 11) is 0. The Balaban J connectivity index is 1.62. The molecule has 3 N–H and O–H groups in total. The summed E-state index contributed by atoms with van der Waals surface area (Å²) in [4.78, 5) is 32.1. The molecule has 0 aliphatic rings. The molecule has 0 bridgehead atoms. The zero-order chi connectivity index (χ0) is 19.6. The summed E-state index contributed by atoms with van der Waals surface area (Å²) in [6.07, 6.45) is 0. The van der Waals surface area contributed by atoms with E-state index in [4.69, 9.17) is 0 Å². The van der Waals surface area contributed by atoms with Crippen LogP contribution in [0.3, 0.4) is 0 Å². The number of amides is 2. The SMILES string of the molecule is C[C@H](NC(=O)c1ccc(C(C)(C)C)cc1)C(=O)Nc1nc2ccccc2[nH]1. The Morgan fingerprint density at radius 3 is 2.33 bits per heavy atom.